The Labute approximate surface area is 133 Å². The van der Waals surface area contributed by atoms with E-state index in [1.54, 1.807) is 0 Å². The molecule has 1 rings (SSSR count). The largest absolute Gasteiger partial charge is 1.00 e. The normalized spacial score (nSPS) is 10.8. The minimum absolute atomic E-state index is 0. The van der Waals surface area contributed by atoms with Crippen LogP contribution in [-0.2, 0) is 0 Å². The Kier molecular flexibility index (Phi) is 7.04. The zero-order valence-electron chi connectivity index (χ0n) is 8.72. The standard InChI is InChI=1S/C9H8BF4O.K/c11-8-3-1-7(2-4-8)9(15)5-6-10(12,13)14;/h1-4H,5-6H2;/q-1;+1. The minimum Gasteiger partial charge on any atom is -0.449 e. The van der Waals surface area contributed by atoms with E-state index < -0.39 is 31.3 Å². The molecule has 0 radical (unpaired) electrons. The molecule has 1 aromatic rings. The Morgan fingerprint density at radius 3 is 2.06 bits per heavy atom. The van der Waals surface area contributed by atoms with Crippen molar-refractivity contribution in [2.75, 3.05) is 0 Å². The van der Waals surface area contributed by atoms with Gasteiger partial charge in [0, 0.05) is 5.56 Å². The van der Waals surface area contributed by atoms with Gasteiger partial charge in [-0.1, -0.05) is 6.32 Å². The van der Waals surface area contributed by atoms with E-state index in [-0.39, 0.29) is 56.9 Å². The van der Waals surface area contributed by atoms with E-state index in [2.05, 4.69) is 0 Å². The van der Waals surface area contributed by atoms with Gasteiger partial charge in [0.25, 0.3) is 0 Å². The van der Waals surface area contributed by atoms with Gasteiger partial charge < -0.3 is 12.9 Å². The Morgan fingerprint density at radius 1 is 1.12 bits per heavy atom. The van der Waals surface area contributed by atoms with Gasteiger partial charge in [-0.25, -0.2) is 4.39 Å². The van der Waals surface area contributed by atoms with Crippen LogP contribution in [0, 0.1) is 5.82 Å². The number of rotatable bonds is 4. The second-order valence-corrected chi connectivity index (χ2v) is 3.18. The van der Waals surface area contributed by atoms with Crippen LogP contribution in [0.2, 0.25) is 6.32 Å². The van der Waals surface area contributed by atoms with Crippen LogP contribution in [0.3, 0.4) is 0 Å². The van der Waals surface area contributed by atoms with E-state index in [4.69, 9.17) is 0 Å². The monoisotopic (exact) mass is 258 g/mol. The number of halogens is 4. The summed E-state index contributed by atoms with van der Waals surface area (Å²) in [5.41, 5.74) is 0.108. The molecule has 0 saturated heterocycles. The zero-order chi connectivity index (χ0) is 11.5. The first kappa shape index (κ1) is 16.3. The first-order valence-corrected chi connectivity index (χ1v) is 4.38. The Balaban J connectivity index is 0.00000225. The van der Waals surface area contributed by atoms with E-state index in [1.165, 1.54) is 12.1 Å². The van der Waals surface area contributed by atoms with Crippen molar-refractivity contribution < 1.29 is 73.5 Å². The van der Waals surface area contributed by atoms with Crippen molar-refractivity contribution in [2.24, 2.45) is 0 Å². The fourth-order valence-electron chi connectivity index (χ4n) is 1.07. The van der Waals surface area contributed by atoms with Crippen molar-refractivity contribution in [2.45, 2.75) is 12.7 Å². The fourth-order valence-corrected chi connectivity index (χ4v) is 1.07. The first-order valence-electron chi connectivity index (χ1n) is 4.38. The summed E-state index contributed by atoms with van der Waals surface area (Å²) in [5.74, 6) is -1.14. The van der Waals surface area contributed by atoms with Gasteiger partial charge in [0.05, 0.1) is 0 Å². The molecule has 0 spiro atoms. The molecule has 16 heavy (non-hydrogen) atoms. The molecule has 0 aliphatic rings. The third-order valence-electron chi connectivity index (χ3n) is 1.86. The van der Waals surface area contributed by atoms with Crippen LogP contribution >= 0.6 is 0 Å². The summed E-state index contributed by atoms with van der Waals surface area (Å²) in [7, 11) is 0. The molecule has 0 aliphatic heterocycles. The van der Waals surface area contributed by atoms with Crippen molar-refractivity contribution in [3.63, 3.8) is 0 Å². The Morgan fingerprint density at radius 2 is 1.62 bits per heavy atom. The molecule has 0 N–H and O–H groups in total. The van der Waals surface area contributed by atoms with Crippen LogP contribution < -0.4 is 51.4 Å². The van der Waals surface area contributed by atoms with Gasteiger partial charge >= 0.3 is 58.4 Å². The molecular formula is C9H8BF4KO. The van der Waals surface area contributed by atoms with E-state index >= 15 is 0 Å². The number of benzene rings is 1. The summed E-state index contributed by atoms with van der Waals surface area (Å²) in [5, 5.41) is 0. The second-order valence-electron chi connectivity index (χ2n) is 3.18. The number of hydrogen-bond acceptors (Lipinski definition) is 1. The van der Waals surface area contributed by atoms with Crippen LogP contribution in [0.5, 0.6) is 0 Å². The van der Waals surface area contributed by atoms with Crippen LogP contribution in [-0.4, -0.2) is 12.8 Å². The fraction of sp³-hybridized carbons (Fsp3) is 0.222. The average Bonchev–Trinajstić information content (AvgIpc) is 2.14. The van der Waals surface area contributed by atoms with Crippen molar-refractivity contribution >= 4 is 12.8 Å². The Bertz CT molecular complexity index is 350. The molecule has 82 valence electrons. The maximum atomic E-state index is 12.4. The first-order chi connectivity index (χ1) is 6.88. The van der Waals surface area contributed by atoms with Gasteiger partial charge in [-0.05, 0) is 30.7 Å². The predicted octanol–water partition coefficient (Wildman–Crippen LogP) is 0.250. The maximum absolute atomic E-state index is 12.4. The molecule has 1 nitrogen and oxygen atoms in total. The molecule has 0 atom stereocenters. The molecule has 7 heteroatoms. The zero-order valence-corrected chi connectivity index (χ0v) is 11.8. The van der Waals surface area contributed by atoms with Crippen molar-refractivity contribution in [1.29, 1.82) is 0 Å². The molecule has 1 aromatic carbocycles. The molecule has 0 aliphatic carbocycles. The summed E-state index contributed by atoms with van der Waals surface area (Å²) in [6.45, 7) is -4.93. The topological polar surface area (TPSA) is 17.1 Å². The molecule has 0 fully saturated rings. The smallest absolute Gasteiger partial charge is 0.449 e. The van der Waals surface area contributed by atoms with Gasteiger partial charge in [-0.15, -0.1) is 0 Å². The van der Waals surface area contributed by atoms with Crippen molar-refractivity contribution in [3.8, 4) is 0 Å². The molecule has 0 amide bonds. The molecule has 0 saturated carbocycles. The molecule has 0 aromatic heterocycles. The third kappa shape index (κ3) is 6.15. The molecule has 0 bridgehead atoms. The summed E-state index contributed by atoms with van der Waals surface area (Å²) in [6, 6.07) is 4.46. The van der Waals surface area contributed by atoms with Crippen LogP contribution in [0.15, 0.2) is 24.3 Å². The number of ketones is 1. The summed E-state index contributed by atoms with van der Waals surface area (Å²) in [6.07, 6.45) is -1.66. The number of carbonyl (C=O) groups excluding carboxylic acids is 1. The summed E-state index contributed by atoms with van der Waals surface area (Å²) in [4.78, 5) is 11.2. The summed E-state index contributed by atoms with van der Waals surface area (Å²) >= 11 is 0. The number of Topliss-reactive ketones (excluding diaryl/α,β-unsaturated/α-hetero) is 1. The second kappa shape index (κ2) is 6.90. The van der Waals surface area contributed by atoms with E-state index in [0.29, 0.717) is 0 Å². The Hall–Kier alpha value is 0.311. The van der Waals surface area contributed by atoms with Gasteiger partial charge in [0.1, 0.15) is 5.82 Å². The minimum atomic E-state index is -4.93. The third-order valence-corrected chi connectivity index (χ3v) is 1.86. The average molecular weight is 258 g/mol. The van der Waals surface area contributed by atoms with E-state index in [0.717, 1.165) is 12.1 Å². The van der Waals surface area contributed by atoms with Crippen molar-refractivity contribution in [3.05, 3.63) is 35.6 Å². The maximum Gasteiger partial charge on any atom is 1.00 e. The molecular weight excluding hydrogens is 250 g/mol. The van der Waals surface area contributed by atoms with Crippen LogP contribution in [0.1, 0.15) is 16.8 Å². The number of hydrogen-bond donors (Lipinski definition) is 0. The summed E-state index contributed by atoms with van der Waals surface area (Å²) < 4.78 is 48.0. The van der Waals surface area contributed by atoms with Crippen molar-refractivity contribution in [1.82, 2.24) is 0 Å². The quantitative estimate of drug-likeness (QED) is 0.430. The van der Waals surface area contributed by atoms with Crippen LogP contribution in [0.4, 0.5) is 17.3 Å². The number of carbonyl (C=O) groups is 1. The van der Waals surface area contributed by atoms with Gasteiger partial charge in [-0.2, -0.15) is 0 Å². The molecule has 0 heterocycles. The SMILES string of the molecule is O=C(CC[B-](F)(F)F)c1ccc(F)cc1.[K+]. The predicted molar refractivity (Wildman–Crippen MR) is 49.2 cm³/mol. The molecule has 0 unspecified atom stereocenters. The van der Waals surface area contributed by atoms with Gasteiger partial charge in [-0.3, -0.25) is 4.79 Å². The van der Waals surface area contributed by atoms with Gasteiger partial charge in [0.2, 0.25) is 0 Å². The van der Waals surface area contributed by atoms with E-state index in [1.807, 2.05) is 0 Å². The van der Waals surface area contributed by atoms with E-state index in [9.17, 15) is 22.1 Å². The van der Waals surface area contributed by atoms with Crippen LogP contribution in [0.25, 0.3) is 0 Å². The van der Waals surface area contributed by atoms with Gasteiger partial charge in [0.15, 0.2) is 5.78 Å².